The topological polar surface area (TPSA) is 130 Å². The first kappa shape index (κ1) is 26.4. The van der Waals surface area contributed by atoms with Crippen LogP contribution in [0.5, 0.6) is 11.5 Å². The molecule has 0 saturated carbocycles. The normalized spacial score (nSPS) is 21.4. The number of tetrazole rings is 1. The van der Waals surface area contributed by atoms with Crippen LogP contribution in [0.2, 0.25) is 0 Å². The first-order valence-corrected chi connectivity index (χ1v) is 11.1. The van der Waals surface area contributed by atoms with Gasteiger partial charge in [0.05, 0.1) is 19.6 Å². The van der Waals surface area contributed by atoms with Crippen molar-refractivity contribution in [2.75, 3.05) is 24.9 Å². The Kier molecular flexibility index (Phi) is 7.17. The predicted molar refractivity (Wildman–Crippen MR) is 125 cm³/mol. The second-order valence-corrected chi connectivity index (χ2v) is 8.64. The van der Waals surface area contributed by atoms with Crippen LogP contribution in [-0.2, 0) is 23.1 Å². The molecule has 11 nitrogen and oxygen atoms in total. The third kappa shape index (κ3) is 5.40. The minimum absolute atomic E-state index is 0.0317. The van der Waals surface area contributed by atoms with Gasteiger partial charge in [-0.15, -0.1) is 23.4 Å². The third-order valence-electron chi connectivity index (χ3n) is 6.06. The number of benzene rings is 2. The van der Waals surface area contributed by atoms with Gasteiger partial charge in [-0.05, 0) is 54.6 Å². The number of methoxy groups -OCH3 is 2. The molecule has 0 unspecified atom stereocenters. The average Bonchev–Trinajstić information content (AvgIpc) is 3.24. The molecule has 3 N–H and O–H groups in total. The molecule has 0 aliphatic carbocycles. The van der Waals surface area contributed by atoms with Crippen LogP contribution in [-0.4, -0.2) is 63.9 Å². The number of aliphatic hydroxyl groups is 1. The Bertz CT molecular complexity index is 1220. The number of rotatable bonds is 8. The molecule has 2 heterocycles. The summed E-state index contributed by atoms with van der Waals surface area (Å²) in [4.78, 5) is 3.00. The van der Waals surface area contributed by atoms with Crippen molar-refractivity contribution in [1.29, 1.82) is 0 Å². The van der Waals surface area contributed by atoms with Crippen molar-refractivity contribution in [2.45, 2.75) is 43.9 Å². The molecule has 0 saturated heterocycles. The number of ether oxygens (including phenoxy) is 4. The summed E-state index contributed by atoms with van der Waals surface area (Å²) in [6, 6.07) is 9.37. The summed E-state index contributed by atoms with van der Waals surface area (Å²) in [7, 11) is 4.44. The number of aliphatic hydroxyl groups excluding tert-OH is 1. The summed E-state index contributed by atoms with van der Waals surface area (Å²) in [5, 5.41) is 23.9. The number of aromatic nitrogens is 4. The van der Waals surface area contributed by atoms with Crippen LogP contribution in [0, 0.1) is 0 Å². The molecule has 37 heavy (non-hydrogen) atoms. The number of fused-ring (bicyclic) bond motifs is 1. The molecule has 1 aromatic heterocycles. The van der Waals surface area contributed by atoms with Gasteiger partial charge in [-0.25, -0.2) is 0 Å². The van der Waals surface area contributed by atoms with Gasteiger partial charge < -0.3 is 34.7 Å². The van der Waals surface area contributed by atoms with Crippen LogP contribution in [0.15, 0.2) is 42.5 Å². The van der Waals surface area contributed by atoms with Crippen molar-refractivity contribution in [3.8, 4) is 11.5 Å². The zero-order chi connectivity index (χ0) is 27.0. The van der Waals surface area contributed by atoms with Crippen molar-refractivity contribution >= 4 is 11.4 Å². The summed E-state index contributed by atoms with van der Waals surface area (Å²) in [5.74, 6) is 0.328. The molecule has 0 fully saturated rings. The second-order valence-electron chi connectivity index (χ2n) is 8.64. The van der Waals surface area contributed by atoms with Gasteiger partial charge in [0.15, 0.2) is 17.7 Å². The van der Waals surface area contributed by atoms with Crippen molar-refractivity contribution in [3.05, 3.63) is 53.9 Å². The SMILES string of the molecule is COC(OC)[C@]1(C)Oc2ccc(N)cc2[C@H](N(Cc2nnn(C)n2)c2ccc(OC(F)(F)F)cc2)[C@H]1O. The van der Waals surface area contributed by atoms with E-state index in [0.29, 0.717) is 28.5 Å². The van der Waals surface area contributed by atoms with Gasteiger partial charge in [0, 0.05) is 31.2 Å². The Hall–Kier alpha value is -3.62. The number of nitrogen functional groups attached to an aromatic ring is 1. The molecule has 4 rings (SSSR count). The minimum Gasteiger partial charge on any atom is -0.479 e. The molecule has 0 radical (unpaired) electrons. The van der Waals surface area contributed by atoms with Gasteiger partial charge >= 0.3 is 6.36 Å². The van der Waals surface area contributed by atoms with Crippen molar-refractivity contribution in [2.24, 2.45) is 7.05 Å². The Balaban J connectivity index is 1.85. The smallest absolute Gasteiger partial charge is 0.479 e. The van der Waals surface area contributed by atoms with E-state index in [2.05, 4.69) is 20.1 Å². The number of hydrogen-bond acceptors (Lipinski definition) is 10. The van der Waals surface area contributed by atoms with Crippen LogP contribution in [0.1, 0.15) is 24.4 Å². The van der Waals surface area contributed by atoms with Crippen molar-refractivity contribution < 1.29 is 37.2 Å². The first-order chi connectivity index (χ1) is 17.4. The molecule has 1 aliphatic heterocycles. The average molecular weight is 525 g/mol. The molecular formula is C23H27F3N6O5. The van der Waals surface area contributed by atoms with Gasteiger partial charge in [-0.3, -0.25) is 0 Å². The lowest BCUT2D eigenvalue weighted by molar-refractivity contribution is -0.274. The Labute approximate surface area is 210 Å². The van der Waals surface area contributed by atoms with E-state index in [0.717, 1.165) is 0 Å². The van der Waals surface area contributed by atoms with E-state index >= 15 is 0 Å². The summed E-state index contributed by atoms with van der Waals surface area (Å²) in [6.07, 6.45) is -7.10. The van der Waals surface area contributed by atoms with Crippen LogP contribution < -0.4 is 20.1 Å². The minimum atomic E-state index is -4.84. The molecule has 3 aromatic rings. The number of halogens is 3. The molecular weight excluding hydrogens is 497 g/mol. The fourth-order valence-electron chi connectivity index (χ4n) is 4.49. The maximum absolute atomic E-state index is 12.7. The number of nitrogens with two attached hydrogens (primary N) is 1. The summed E-state index contributed by atoms with van der Waals surface area (Å²) < 4.78 is 59.3. The summed E-state index contributed by atoms with van der Waals surface area (Å²) >= 11 is 0. The van der Waals surface area contributed by atoms with E-state index in [1.165, 1.54) is 43.3 Å². The zero-order valence-corrected chi connectivity index (χ0v) is 20.5. The first-order valence-electron chi connectivity index (χ1n) is 11.1. The Morgan fingerprint density at radius 3 is 2.43 bits per heavy atom. The predicted octanol–water partition coefficient (Wildman–Crippen LogP) is 2.57. The third-order valence-corrected chi connectivity index (χ3v) is 6.06. The van der Waals surface area contributed by atoms with E-state index in [1.807, 2.05) is 0 Å². The number of alkyl halides is 3. The van der Waals surface area contributed by atoms with E-state index in [9.17, 15) is 18.3 Å². The van der Waals surface area contributed by atoms with E-state index in [4.69, 9.17) is 19.9 Å². The maximum Gasteiger partial charge on any atom is 0.573 e. The Morgan fingerprint density at radius 2 is 1.86 bits per heavy atom. The molecule has 2 aromatic carbocycles. The highest BCUT2D eigenvalue weighted by Gasteiger charge is 2.54. The van der Waals surface area contributed by atoms with E-state index in [1.54, 1.807) is 37.1 Å². The van der Waals surface area contributed by atoms with Crippen LogP contribution >= 0.6 is 0 Å². The van der Waals surface area contributed by atoms with Gasteiger partial charge in [-0.2, -0.15) is 4.80 Å². The summed E-state index contributed by atoms with van der Waals surface area (Å²) in [6.45, 7) is 1.67. The lowest BCUT2D eigenvalue weighted by Gasteiger charge is -2.49. The fourth-order valence-corrected chi connectivity index (χ4v) is 4.49. The largest absolute Gasteiger partial charge is 0.573 e. The molecule has 14 heteroatoms. The number of anilines is 2. The van der Waals surface area contributed by atoms with Crippen molar-refractivity contribution in [1.82, 2.24) is 20.2 Å². The standard InChI is InChI=1S/C23H27F3N6O5/c1-22(21(34-3)35-4)20(33)19(16-11-13(27)5-10-17(16)37-22)32(12-18-28-30-31(2)29-18)14-6-8-15(9-7-14)36-23(24,25)26/h5-11,19-21,33H,12,27H2,1-4H3/t19-,20+,22+/m0/s1. The number of aryl methyl sites for hydroxylation is 1. The van der Waals surface area contributed by atoms with E-state index < -0.39 is 36.1 Å². The quantitative estimate of drug-likeness (QED) is 0.335. The second kappa shape index (κ2) is 10.0. The molecule has 0 bridgehead atoms. The molecule has 200 valence electrons. The molecule has 0 spiro atoms. The lowest BCUT2D eigenvalue weighted by Crippen LogP contribution is -2.62. The summed E-state index contributed by atoms with van der Waals surface area (Å²) in [5.41, 5.74) is 6.08. The highest BCUT2D eigenvalue weighted by Crippen LogP contribution is 2.47. The highest BCUT2D eigenvalue weighted by molar-refractivity contribution is 5.57. The number of nitrogens with zero attached hydrogens (tertiary/aromatic N) is 5. The lowest BCUT2D eigenvalue weighted by atomic mass is 9.83. The molecule has 1 aliphatic rings. The highest BCUT2D eigenvalue weighted by atomic mass is 19.4. The molecule has 0 amide bonds. The Morgan fingerprint density at radius 1 is 1.19 bits per heavy atom. The van der Waals surface area contributed by atoms with Gasteiger partial charge in [0.25, 0.3) is 0 Å². The maximum atomic E-state index is 12.7. The van der Waals surface area contributed by atoms with Crippen LogP contribution in [0.4, 0.5) is 24.5 Å². The van der Waals surface area contributed by atoms with E-state index in [-0.39, 0.29) is 6.54 Å². The number of hydrogen-bond donors (Lipinski definition) is 2. The van der Waals surface area contributed by atoms with Crippen LogP contribution in [0.25, 0.3) is 0 Å². The fraction of sp³-hybridized carbons (Fsp3) is 0.435. The monoisotopic (exact) mass is 524 g/mol. The van der Waals surface area contributed by atoms with Gasteiger partial charge in [0.1, 0.15) is 17.6 Å². The molecule has 3 atom stereocenters. The van der Waals surface area contributed by atoms with Crippen molar-refractivity contribution in [3.63, 3.8) is 0 Å². The van der Waals surface area contributed by atoms with Gasteiger partial charge in [0.2, 0.25) is 0 Å². The zero-order valence-electron chi connectivity index (χ0n) is 20.5. The van der Waals surface area contributed by atoms with Gasteiger partial charge in [-0.1, -0.05) is 0 Å². The van der Waals surface area contributed by atoms with Crippen LogP contribution in [0.3, 0.4) is 0 Å².